The minimum atomic E-state index is -0.262. The first-order valence-electron chi connectivity index (χ1n) is 6.48. The number of nitrogens with zero attached hydrogens (tertiary/aromatic N) is 1. The second-order valence-electron chi connectivity index (χ2n) is 4.24. The van der Waals surface area contributed by atoms with E-state index < -0.39 is 0 Å². The summed E-state index contributed by atoms with van der Waals surface area (Å²) in [6.07, 6.45) is 6.98. The zero-order valence-corrected chi connectivity index (χ0v) is 11.7. The van der Waals surface area contributed by atoms with Gasteiger partial charge in [-0.2, -0.15) is 0 Å². The Morgan fingerprint density at radius 2 is 1.76 bits per heavy atom. The van der Waals surface area contributed by atoms with Crippen molar-refractivity contribution in [3.63, 3.8) is 0 Å². The maximum Gasteiger partial charge on any atom is 0.122 e. The Labute approximate surface area is 106 Å². The summed E-state index contributed by atoms with van der Waals surface area (Å²) in [5, 5.41) is 0. The van der Waals surface area contributed by atoms with Gasteiger partial charge in [-0.3, -0.25) is 0 Å². The van der Waals surface area contributed by atoms with E-state index in [0.717, 1.165) is 13.1 Å². The fourth-order valence-corrected chi connectivity index (χ4v) is 1.88. The van der Waals surface area contributed by atoms with Crippen LogP contribution in [0.3, 0.4) is 0 Å². The molecule has 1 aliphatic rings. The molecule has 0 atom stereocenters. The van der Waals surface area contributed by atoms with E-state index in [4.69, 9.17) is 0 Å². The van der Waals surface area contributed by atoms with Gasteiger partial charge in [-0.1, -0.05) is 32.1 Å². The Balaban J connectivity index is 0.00000121. The predicted molar refractivity (Wildman–Crippen MR) is 74.7 cm³/mol. The molecule has 0 spiro atoms. The van der Waals surface area contributed by atoms with Crippen LogP contribution in [0, 0.1) is 5.92 Å². The number of likely N-dealkylation sites (tertiary alicyclic amines) is 1. The molecule has 0 amide bonds. The number of hydrogen-bond donors (Lipinski definition) is 0. The zero-order chi connectivity index (χ0) is 13.3. The molecule has 1 heterocycles. The van der Waals surface area contributed by atoms with Crippen LogP contribution < -0.4 is 0 Å². The summed E-state index contributed by atoms with van der Waals surface area (Å²) < 4.78 is 12.8. The Hall–Kier alpha value is -0.890. The van der Waals surface area contributed by atoms with Gasteiger partial charge in [-0.05, 0) is 58.0 Å². The Morgan fingerprint density at radius 1 is 1.24 bits per heavy atom. The molecule has 98 valence electrons. The minimum absolute atomic E-state index is 0.262. The summed E-state index contributed by atoms with van der Waals surface area (Å²) >= 11 is 0. The van der Waals surface area contributed by atoms with Gasteiger partial charge in [-0.15, -0.1) is 0 Å². The molecular formula is C15H26FN. The summed E-state index contributed by atoms with van der Waals surface area (Å²) in [5.41, 5.74) is 1.28. The summed E-state index contributed by atoms with van der Waals surface area (Å²) in [5.74, 6) is 0.359. The highest BCUT2D eigenvalue weighted by Gasteiger charge is 2.17. The fourth-order valence-electron chi connectivity index (χ4n) is 1.88. The van der Waals surface area contributed by atoms with E-state index in [-0.39, 0.29) is 5.83 Å². The van der Waals surface area contributed by atoms with Crippen molar-refractivity contribution >= 4 is 0 Å². The van der Waals surface area contributed by atoms with E-state index >= 15 is 0 Å². The molecule has 17 heavy (non-hydrogen) atoms. The molecule has 1 saturated heterocycles. The lowest BCUT2D eigenvalue weighted by Gasteiger charge is -2.29. The molecule has 0 unspecified atom stereocenters. The van der Waals surface area contributed by atoms with Crippen LogP contribution in [-0.2, 0) is 0 Å². The molecule has 1 fully saturated rings. The van der Waals surface area contributed by atoms with Crippen molar-refractivity contribution in [3.05, 3.63) is 36.2 Å². The van der Waals surface area contributed by atoms with Crippen molar-refractivity contribution in [3.8, 4) is 0 Å². The highest BCUT2D eigenvalue weighted by Crippen LogP contribution is 2.23. The molecule has 1 aliphatic heterocycles. The average Bonchev–Trinajstić information content (AvgIpc) is 2.38. The van der Waals surface area contributed by atoms with Crippen LogP contribution in [0.25, 0.3) is 0 Å². The third-order valence-corrected chi connectivity index (χ3v) is 3.06. The zero-order valence-electron chi connectivity index (χ0n) is 11.7. The van der Waals surface area contributed by atoms with Gasteiger partial charge in [0, 0.05) is 0 Å². The monoisotopic (exact) mass is 239 g/mol. The van der Waals surface area contributed by atoms with E-state index in [0.29, 0.717) is 5.92 Å². The van der Waals surface area contributed by atoms with Gasteiger partial charge in [0.2, 0.25) is 0 Å². The van der Waals surface area contributed by atoms with Gasteiger partial charge in [0.25, 0.3) is 0 Å². The summed E-state index contributed by atoms with van der Waals surface area (Å²) in [7, 11) is 2.15. The lowest BCUT2D eigenvalue weighted by Crippen LogP contribution is -2.30. The van der Waals surface area contributed by atoms with Crippen molar-refractivity contribution in [2.75, 3.05) is 20.1 Å². The first-order valence-corrected chi connectivity index (χ1v) is 6.48. The highest BCUT2D eigenvalue weighted by molar-refractivity contribution is 5.20. The van der Waals surface area contributed by atoms with Gasteiger partial charge < -0.3 is 4.90 Å². The normalized spacial score (nSPS) is 19.6. The number of piperidine rings is 1. The maximum absolute atomic E-state index is 12.8. The Bertz CT molecular complexity index is 271. The lowest BCUT2D eigenvalue weighted by molar-refractivity contribution is 0.238. The van der Waals surface area contributed by atoms with E-state index in [9.17, 15) is 4.39 Å². The number of halogens is 1. The van der Waals surface area contributed by atoms with Crippen LogP contribution in [0.4, 0.5) is 4.39 Å². The maximum atomic E-state index is 12.8. The van der Waals surface area contributed by atoms with Crippen LogP contribution in [-0.4, -0.2) is 25.0 Å². The van der Waals surface area contributed by atoms with Crippen molar-refractivity contribution < 1.29 is 4.39 Å². The van der Waals surface area contributed by atoms with E-state index in [1.165, 1.54) is 30.6 Å². The summed E-state index contributed by atoms with van der Waals surface area (Å²) in [6.45, 7) is 11.8. The van der Waals surface area contributed by atoms with Gasteiger partial charge >= 0.3 is 0 Å². The molecule has 0 aromatic heterocycles. The molecule has 0 aromatic rings. The standard InChI is InChI=1S/C13H20FN.C2H6/c1-4-13(14)6-5-11(2)12-7-9-15(3)10-8-12;1-2/h4-6,12H,1,7-10H2,2-3H3;1-2H3/b11-5+,13-6+;. The van der Waals surface area contributed by atoms with Crippen molar-refractivity contribution in [2.24, 2.45) is 5.92 Å². The van der Waals surface area contributed by atoms with Crippen LogP contribution in [0.1, 0.15) is 33.6 Å². The molecule has 0 radical (unpaired) electrons. The lowest BCUT2D eigenvalue weighted by atomic mass is 9.90. The number of hydrogen-bond acceptors (Lipinski definition) is 1. The topological polar surface area (TPSA) is 3.24 Å². The quantitative estimate of drug-likeness (QED) is 0.662. The van der Waals surface area contributed by atoms with Gasteiger partial charge in [0.1, 0.15) is 5.83 Å². The van der Waals surface area contributed by atoms with E-state index in [1.807, 2.05) is 19.9 Å². The fraction of sp³-hybridized carbons (Fsp3) is 0.600. The summed E-state index contributed by atoms with van der Waals surface area (Å²) in [4.78, 5) is 2.34. The second kappa shape index (κ2) is 9.17. The third kappa shape index (κ3) is 6.42. The Morgan fingerprint density at radius 3 is 2.24 bits per heavy atom. The van der Waals surface area contributed by atoms with Crippen molar-refractivity contribution in [1.29, 1.82) is 0 Å². The first-order chi connectivity index (χ1) is 8.13. The Kier molecular flexibility index (Phi) is 8.69. The average molecular weight is 239 g/mol. The molecule has 0 bridgehead atoms. The smallest absolute Gasteiger partial charge is 0.122 e. The molecular weight excluding hydrogens is 213 g/mol. The van der Waals surface area contributed by atoms with E-state index in [1.54, 1.807) is 0 Å². The molecule has 0 aliphatic carbocycles. The van der Waals surface area contributed by atoms with Crippen LogP contribution in [0.15, 0.2) is 36.2 Å². The van der Waals surface area contributed by atoms with Crippen molar-refractivity contribution in [2.45, 2.75) is 33.6 Å². The van der Waals surface area contributed by atoms with Crippen molar-refractivity contribution in [1.82, 2.24) is 4.90 Å². The minimum Gasteiger partial charge on any atom is -0.306 e. The molecule has 1 rings (SSSR count). The van der Waals surface area contributed by atoms with Gasteiger partial charge in [0.05, 0.1) is 0 Å². The first kappa shape index (κ1) is 16.1. The SMILES string of the molecule is C=C/C(F)=C\C=C(/C)C1CCN(C)CC1.CC. The number of allylic oxidation sites excluding steroid dienone is 5. The number of rotatable bonds is 3. The predicted octanol–water partition coefficient (Wildman–Crippen LogP) is 4.34. The molecule has 0 aromatic carbocycles. The molecule has 2 heteroatoms. The second-order valence-corrected chi connectivity index (χ2v) is 4.24. The van der Waals surface area contributed by atoms with Crippen LogP contribution in [0.2, 0.25) is 0 Å². The van der Waals surface area contributed by atoms with Crippen LogP contribution >= 0.6 is 0 Å². The summed E-state index contributed by atoms with van der Waals surface area (Å²) in [6, 6.07) is 0. The molecule has 0 N–H and O–H groups in total. The largest absolute Gasteiger partial charge is 0.306 e. The third-order valence-electron chi connectivity index (χ3n) is 3.06. The van der Waals surface area contributed by atoms with Gasteiger partial charge in [0.15, 0.2) is 0 Å². The molecule has 1 nitrogen and oxygen atoms in total. The highest BCUT2D eigenvalue weighted by atomic mass is 19.1. The van der Waals surface area contributed by atoms with Crippen LogP contribution in [0.5, 0.6) is 0 Å². The van der Waals surface area contributed by atoms with Gasteiger partial charge in [-0.25, -0.2) is 4.39 Å². The molecule has 0 saturated carbocycles. The van der Waals surface area contributed by atoms with E-state index in [2.05, 4.69) is 25.5 Å².